The van der Waals surface area contributed by atoms with E-state index in [4.69, 9.17) is 0 Å². The van der Waals surface area contributed by atoms with E-state index in [0.29, 0.717) is 0 Å². The van der Waals surface area contributed by atoms with Crippen LogP contribution in [0, 0.1) is 0 Å². The van der Waals surface area contributed by atoms with E-state index in [1.807, 2.05) is 19.1 Å². The maximum Gasteiger partial charge on any atom is 3.00 e. The van der Waals surface area contributed by atoms with E-state index in [1.54, 1.807) is 40.6 Å². The van der Waals surface area contributed by atoms with Gasteiger partial charge in [0.05, 0.1) is 0 Å². The van der Waals surface area contributed by atoms with Crippen molar-refractivity contribution in [3.63, 3.8) is 0 Å². The third kappa shape index (κ3) is 19.3. The van der Waals surface area contributed by atoms with Crippen molar-refractivity contribution in [3.8, 4) is 0 Å². The molecule has 0 atom stereocenters. The van der Waals surface area contributed by atoms with Crippen molar-refractivity contribution >= 4 is 6.21 Å². The number of nitrogens with zero attached hydrogens (tertiary/aromatic N) is 4. The van der Waals surface area contributed by atoms with Crippen LogP contribution in [0.4, 0.5) is 0 Å². The first-order valence-corrected chi connectivity index (χ1v) is 4.80. The molecule has 0 aliphatic heterocycles. The second-order valence-corrected chi connectivity index (χ2v) is 2.58. The average molecular weight is 301 g/mol. The molecule has 0 amide bonds. The Morgan fingerprint density at radius 2 is 1.75 bits per heavy atom. The Hall–Kier alpha value is -0.247. The molecule has 0 aliphatic rings. The quantitative estimate of drug-likeness (QED) is 0.773. The van der Waals surface area contributed by atoms with Gasteiger partial charge in [-0.05, 0) is 6.92 Å². The van der Waals surface area contributed by atoms with Gasteiger partial charge >= 0.3 is 26.2 Å². The Labute approximate surface area is 118 Å². The Morgan fingerprint density at radius 1 is 1.25 bits per heavy atom. The van der Waals surface area contributed by atoms with E-state index in [9.17, 15) is 0 Å². The van der Waals surface area contributed by atoms with E-state index < -0.39 is 0 Å². The zero-order chi connectivity index (χ0) is 11.9. The number of aromatic nitrogens is 1. The van der Waals surface area contributed by atoms with Crippen LogP contribution in [0.2, 0.25) is 0 Å². The summed E-state index contributed by atoms with van der Waals surface area (Å²) in [6, 6.07) is 3.83. The largest absolute Gasteiger partial charge is 3.00 e. The van der Waals surface area contributed by atoms with Gasteiger partial charge in [-0.3, -0.25) is 4.99 Å². The van der Waals surface area contributed by atoms with Gasteiger partial charge in [0.1, 0.15) is 0 Å². The molecule has 0 saturated carbocycles. The first kappa shape index (κ1) is 21.1. The molecule has 0 aliphatic carbocycles. The van der Waals surface area contributed by atoms with Crippen molar-refractivity contribution in [2.75, 3.05) is 34.7 Å². The van der Waals surface area contributed by atoms with Crippen LogP contribution < -0.4 is 4.98 Å². The third-order valence-corrected chi connectivity index (χ3v) is 0.983. The molecule has 0 aromatic carbocycles. The molecule has 0 fully saturated rings. The first-order chi connectivity index (χ1) is 7.26. The van der Waals surface area contributed by atoms with Crippen molar-refractivity contribution in [1.82, 2.24) is 4.98 Å². The Balaban J connectivity index is -0.000000207. The summed E-state index contributed by atoms with van der Waals surface area (Å²) < 4.78 is 0. The zero-order valence-electron chi connectivity index (χ0n) is 10.8. The number of hydrogen-bond donors (Lipinski definition) is 0. The molecule has 16 heavy (non-hydrogen) atoms. The summed E-state index contributed by atoms with van der Waals surface area (Å²) in [6.07, 6.45) is 3.54. The summed E-state index contributed by atoms with van der Waals surface area (Å²) >= 11 is 0. The average Bonchev–Trinajstić information content (AvgIpc) is 2.70. The molecular formula is C11H21N4Zr. The molecule has 1 radical (unpaired) electrons. The minimum atomic E-state index is 0. The van der Waals surface area contributed by atoms with Gasteiger partial charge in [0.2, 0.25) is 0 Å². The van der Waals surface area contributed by atoms with Crippen molar-refractivity contribution in [3.05, 3.63) is 34.7 Å². The van der Waals surface area contributed by atoms with Crippen LogP contribution in [0.5, 0.6) is 0 Å². The smallest absolute Gasteiger partial charge is 0.668 e. The number of rotatable bonds is 2. The Kier molecular flexibility index (Phi) is 26.6. The molecule has 1 aromatic rings. The van der Waals surface area contributed by atoms with Crippen LogP contribution in [0.1, 0.15) is 12.6 Å². The van der Waals surface area contributed by atoms with E-state index in [2.05, 4.69) is 20.6 Å². The van der Waals surface area contributed by atoms with Crippen molar-refractivity contribution in [2.24, 2.45) is 4.99 Å². The van der Waals surface area contributed by atoms with E-state index in [-0.39, 0.29) is 26.2 Å². The van der Waals surface area contributed by atoms with Crippen LogP contribution in [-0.4, -0.2) is 41.0 Å². The summed E-state index contributed by atoms with van der Waals surface area (Å²) in [5.74, 6) is 0. The molecule has 0 saturated heterocycles. The molecule has 1 aromatic heterocycles. The van der Waals surface area contributed by atoms with Gasteiger partial charge in [0.15, 0.2) is 0 Å². The SMILES string of the molecule is CCN=Cc1ccc[n-]1.C[N-]C.C[N-]C.[Zr+3]. The maximum absolute atomic E-state index is 4.03. The summed E-state index contributed by atoms with van der Waals surface area (Å²) in [6.45, 7) is 2.83. The van der Waals surface area contributed by atoms with Gasteiger partial charge < -0.3 is 15.6 Å². The molecule has 1 rings (SSSR count). The van der Waals surface area contributed by atoms with Gasteiger partial charge in [0, 0.05) is 12.8 Å². The predicted molar refractivity (Wildman–Crippen MR) is 68.3 cm³/mol. The molecule has 4 nitrogen and oxygen atoms in total. The summed E-state index contributed by atoms with van der Waals surface area (Å²) in [7, 11) is 7.00. The number of aliphatic imine (C=N–C) groups is 1. The fourth-order valence-electron chi connectivity index (χ4n) is 0.575. The fraction of sp³-hybridized carbons (Fsp3) is 0.545. The molecule has 1 heterocycles. The van der Waals surface area contributed by atoms with Crippen LogP contribution in [0.3, 0.4) is 0 Å². The van der Waals surface area contributed by atoms with Crippen molar-refractivity contribution in [1.29, 1.82) is 0 Å². The first-order valence-electron chi connectivity index (χ1n) is 4.80. The van der Waals surface area contributed by atoms with Gasteiger partial charge in [-0.15, -0.1) is 5.69 Å². The zero-order valence-corrected chi connectivity index (χ0v) is 13.3. The van der Waals surface area contributed by atoms with Crippen LogP contribution in [-0.2, 0) is 26.2 Å². The maximum atomic E-state index is 4.03. The Bertz CT molecular complexity index is 208. The molecule has 5 heteroatoms. The van der Waals surface area contributed by atoms with E-state index in [1.165, 1.54) is 0 Å². The van der Waals surface area contributed by atoms with E-state index >= 15 is 0 Å². The third-order valence-electron chi connectivity index (χ3n) is 0.983. The monoisotopic (exact) mass is 299 g/mol. The fourth-order valence-corrected chi connectivity index (χ4v) is 0.575. The standard InChI is InChI=1S/C7H9N2.2C2H6N.Zr/c1-2-8-6-7-4-3-5-9-7;2*1-3-2;/h3-6H,2H2,1H3;2*1-2H3;/q3*-1;+3. The summed E-state index contributed by atoms with van der Waals surface area (Å²) in [4.78, 5) is 8.03. The van der Waals surface area contributed by atoms with Gasteiger partial charge in [-0.1, -0.05) is 12.1 Å². The van der Waals surface area contributed by atoms with Crippen molar-refractivity contribution < 1.29 is 26.2 Å². The second-order valence-electron chi connectivity index (χ2n) is 2.58. The molecule has 0 spiro atoms. The molecule has 0 N–H and O–H groups in total. The molecule has 0 unspecified atom stereocenters. The Morgan fingerprint density at radius 3 is 2.06 bits per heavy atom. The molecule has 89 valence electrons. The predicted octanol–water partition coefficient (Wildman–Crippen LogP) is 2.32. The summed E-state index contributed by atoms with van der Waals surface area (Å²) in [5.41, 5.74) is 0.942. The number of hydrogen-bond acceptors (Lipinski definition) is 1. The van der Waals surface area contributed by atoms with E-state index in [0.717, 1.165) is 12.2 Å². The van der Waals surface area contributed by atoms with Crippen LogP contribution in [0.25, 0.3) is 10.6 Å². The minimum absolute atomic E-state index is 0. The van der Waals surface area contributed by atoms with Gasteiger partial charge in [-0.25, -0.2) is 0 Å². The second kappa shape index (κ2) is 20.2. The van der Waals surface area contributed by atoms with Gasteiger partial charge in [-0.2, -0.15) is 34.4 Å². The molecule has 0 bridgehead atoms. The molecular weight excluding hydrogens is 279 g/mol. The summed E-state index contributed by atoms with van der Waals surface area (Å²) in [5, 5.41) is 7.00. The van der Waals surface area contributed by atoms with Crippen molar-refractivity contribution in [2.45, 2.75) is 6.92 Å². The van der Waals surface area contributed by atoms with Gasteiger partial charge in [0.25, 0.3) is 0 Å². The minimum Gasteiger partial charge on any atom is -0.668 e. The van der Waals surface area contributed by atoms with Crippen LogP contribution in [0.15, 0.2) is 23.3 Å². The van der Waals surface area contributed by atoms with Crippen LogP contribution >= 0.6 is 0 Å². The topological polar surface area (TPSA) is 54.7 Å². The normalized spacial score (nSPS) is 8.31.